The molecule has 6 heteroatoms. The van der Waals surface area contributed by atoms with E-state index in [9.17, 15) is 4.79 Å². The lowest BCUT2D eigenvalue weighted by Crippen LogP contribution is -2.47. The quantitative estimate of drug-likeness (QED) is 0.906. The fourth-order valence-electron chi connectivity index (χ4n) is 4.11. The molecule has 0 unspecified atom stereocenters. The molecule has 2 fully saturated rings. The van der Waals surface area contributed by atoms with Crippen molar-refractivity contribution in [1.29, 1.82) is 0 Å². The third-order valence-electron chi connectivity index (χ3n) is 5.43. The first kappa shape index (κ1) is 16.0. The van der Waals surface area contributed by atoms with Crippen LogP contribution in [0.5, 0.6) is 0 Å². The lowest BCUT2D eigenvalue weighted by molar-refractivity contribution is -0.130. The third-order valence-corrected chi connectivity index (χ3v) is 5.43. The Morgan fingerprint density at radius 1 is 1.28 bits per heavy atom. The maximum absolute atomic E-state index is 12.5. The number of hydrogen-bond acceptors (Lipinski definition) is 5. The Labute approximate surface area is 147 Å². The average Bonchev–Trinajstić information content (AvgIpc) is 3.07. The minimum atomic E-state index is 0.271. The van der Waals surface area contributed by atoms with E-state index in [2.05, 4.69) is 25.2 Å². The van der Waals surface area contributed by atoms with Crippen molar-refractivity contribution < 1.29 is 4.79 Å². The highest BCUT2D eigenvalue weighted by Crippen LogP contribution is 2.49. The van der Waals surface area contributed by atoms with Crippen LogP contribution in [0, 0.1) is 5.41 Å². The second kappa shape index (κ2) is 6.78. The minimum Gasteiger partial charge on any atom is -0.367 e. The molecule has 0 atom stereocenters. The predicted molar refractivity (Wildman–Crippen MR) is 94.9 cm³/mol. The number of nitrogens with zero attached hydrogens (tertiary/aromatic N) is 4. The summed E-state index contributed by atoms with van der Waals surface area (Å²) in [5, 5.41) is 3.46. The number of pyridine rings is 1. The predicted octanol–water partition coefficient (Wildman–Crippen LogP) is 2.30. The SMILES string of the molecule is O=C(CCc1cccnc1)N1CCC2(CC(Nc3ccncn3)C2)C1. The van der Waals surface area contributed by atoms with Gasteiger partial charge in [0.05, 0.1) is 0 Å². The van der Waals surface area contributed by atoms with Crippen molar-refractivity contribution in [3.8, 4) is 0 Å². The molecule has 0 bridgehead atoms. The highest BCUT2D eigenvalue weighted by molar-refractivity contribution is 5.76. The Bertz CT molecular complexity index is 715. The van der Waals surface area contributed by atoms with Gasteiger partial charge in [-0.25, -0.2) is 9.97 Å². The monoisotopic (exact) mass is 337 g/mol. The summed E-state index contributed by atoms with van der Waals surface area (Å²) >= 11 is 0. The highest BCUT2D eigenvalue weighted by Gasteiger charge is 2.49. The average molecular weight is 337 g/mol. The standard InChI is InChI=1S/C19H23N5O/c25-18(4-3-15-2-1-7-20-12-15)24-9-6-19(13-24)10-16(11-19)23-17-5-8-21-14-22-17/h1-2,5,7-8,12,14,16H,3-4,6,9-11,13H2,(H,21,22,23). The van der Waals surface area contributed by atoms with Crippen molar-refractivity contribution in [2.24, 2.45) is 5.41 Å². The minimum absolute atomic E-state index is 0.271. The number of carbonyl (C=O) groups excluding carboxylic acids is 1. The molecular weight excluding hydrogens is 314 g/mol. The van der Waals surface area contributed by atoms with E-state index in [0.29, 0.717) is 17.9 Å². The van der Waals surface area contributed by atoms with Crippen LogP contribution in [0.3, 0.4) is 0 Å². The first-order valence-electron chi connectivity index (χ1n) is 8.92. The van der Waals surface area contributed by atoms with Gasteiger partial charge in [-0.1, -0.05) is 6.07 Å². The second-order valence-corrected chi connectivity index (χ2v) is 7.27. The summed E-state index contributed by atoms with van der Waals surface area (Å²) in [5.41, 5.74) is 1.44. The number of aryl methyl sites for hydroxylation is 1. The number of aromatic nitrogens is 3. The number of rotatable bonds is 5. The molecule has 3 heterocycles. The molecule has 6 nitrogen and oxygen atoms in total. The largest absolute Gasteiger partial charge is 0.367 e. The van der Waals surface area contributed by atoms with Crippen molar-refractivity contribution >= 4 is 11.7 Å². The van der Waals surface area contributed by atoms with Gasteiger partial charge in [-0.15, -0.1) is 0 Å². The first-order valence-corrected chi connectivity index (χ1v) is 8.92. The summed E-state index contributed by atoms with van der Waals surface area (Å²) in [6, 6.07) is 6.30. The van der Waals surface area contributed by atoms with Crippen LogP contribution in [0.2, 0.25) is 0 Å². The van der Waals surface area contributed by atoms with Crippen molar-refractivity contribution in [1.82, 2.24) is 19.9 Å². The molecular formula is C19H23N5O. The fraction of sp³-hybridized carbons (Fsp3) is 0.474. The molecule has 1 spiro atoms. The third kappa shape index (κ3) is 3.62. The number of hydrogen-bond donors (Lipinski definition) is 1. The van der Waals surface area contributed by atoms with E-state index < -0.39 is 0 Å². The lowest BCUT2D eigenvalue weighted by atomic mass is 9.65. The molecule has 0 radical (unpaired) electrons. The molecule has 0 aromatic carbocycles. The molecule has 1 saturated heterocycles. The van der Waals surface area contributed by atoms with Gasteiger partial charge in [-0.2, -0.15) is 0 Å². The maximum atomic E-state index is 12.5. The van der Waals surface area contributed by atoms with Crippen LogP contribution in [-0.4, -0.2) is 44.9 Å². The van der Waals surface area contributed by atoms with Crippen LogP contribution in [0.4, 0.5) is 5.82 Å². The summed E-state index contributed by atoms with van der Waals surface area (Å²) in [7, 11) is 0. The summed E-state index contributed by atoms with van der Waals surface area (Å²) in [6.07, 6.45) is 11.6. The summed E-state index contributed by atoms with van der Waals surface area (Å²) < 4.78 is 0. The normalized spacial score (nSPS) is 25.0. The van der Waals surface area contributed by atoms with Gasteiger partial charge in [0, 0.05) is 44.1 Å². The van der Waals surface area contributed by atoms with Crippen LogP contribution in [0.15, 0.2) is 43.1 Å². The molecule has 25 heavy (non-hydrogen) atoms. The Hall–Kier alpha value is -2.50. The van der Waals surface area contributed by atoms with Gasteiger partial charge in [0.2, 0.25) is 5.91 Å². The Morgan fingerprint density at radius 2 is 2.20 bits per heavy atom. The van der Waals surface area contributed by atoms with Gasteiger partial charge >= 0.3 is 0 Å². The van der Waals surface area contributed by atoms with Crippen LogP contribution >= 0.6 is 0 Å². The van der Waals surface area contributed by atoms with Crippen molar-refractivity contribution in [3.63, 3.8) is 0 Å². The van der Waals surface area contributed by atoms with Crippen molar-refractivity contribution in [2.45, 2.75) is 38.1 Å². The first-order chi connectivity index (χ1) is 12.2. The topological polar surface area (TPSA) is 71.0 Å². The van der Waals surface area contributed by atoms with Crippen LogP contribution in [0.25, 0.3) is 0 Å². The fourth-order valence-corrected chi connectivity index (χ4v) is 4.11. The molecule has 1 aliphatic carbocycles. The van der Waals surface area contributed by atoms with E-state index in [-0.39, 0.29) is 5.91 Å². The van der Waals surface area contributed by atoms with Crippen molar-refractivity contribution in [2.75, 3.05) is 18.4 Å². The Balaban J connectivity index is 1.24. The van der Waals surface area contributed by atoms with E-state index in [1.165, 1.54) is 0 Å². The van der Waals surface area contributed by atoms with Crippen molar-refractivity contribution in [3.05, 3.63) is 48.7 Å². The van der Waals surface area contributed by atoms with Gasteiger partial charge in [0.1, 0.15) is 12.1 Å². The van der Waals surface area contributed by atoms with Crippen LogP contribution in [-0.2, 0) is 11.2 Å². The van der Waals surface area contributed by atoms with Gasteiger partial charge in [0.15, 0.2) is 0 Å². The molecule has 1 aliphatic heterocycles. The Kier molecular flexibility index (Phi) is 4.34. The molecule has 4 rings (SSSR count). The number of anilines is 1. The molecule has 1 N–H and O–H groups in total. The molecule has 2 aliphatic rings. The van der Waals surface area contributed by atoms with Crippen LogP contribution in [0.1, 0.15) is 31.2 Å². The Morgan fingerprint density at radius 3 is 2.96 bits per heavy atom. The zero-order chi connectivity index (χ0) is 17.1. The van der Waals surface area contributed by atoms with E-state index in [0.717, 1.165) is 50.2 Å². The number of nitrogens with one attached hydrogen (secondary N) is 1. The van der Waals surface area contributed by atoms with Gasteiger partial charge in [0.25, 0.3) is 0 Å². The molecule has 2 aromatic heterocycles. The van der Waals surface area contributed by atoms with E-state index in [4.69, 9.17) is 0 Å². The number of amides is 1. The van der Waals surface area contributed by atoms with Gasteiger partial charge in [-0.05, 0) is 48.8 Å². The molecule has 1 amide bonds. The lowest BCUT2D eigenvalue weighted by Gasteiger charge is -2.45. The zero-order valence-electron chi connectivity index (χ0n) is 14.3. The van der Waals surface area contributed by atoms with E-state index in [1.54, 1.807) is 18.7 Å². The van der Waals surface area contributed by atoms with Gasteiger partial charge in [-0.3, -0.25) is 9.78 Å². The summed E-state index contributed by atoms with van der Waals surface area (Å²) in [5.74, 6) is 1.16. The van der Waals surface area contributed by atoms with E-state index >= 15 is 0 Å². The zero-order valence-corrected chi connectivity index (χ0v) is 14.3. The second-order valence-electron chi connectivity index (χ2n) is 7.27. The summed E-state index contributed by atoms with van der Waals surface area (Å²) in [6.45, 7) is 1.80. The van der Waals surface area contributed by atoms with Gasteiger partial charge < -0.3 is 10.2 Å². The molecule has 1 saturated carbocycles. The summed E-state index contributed by atoms with van der Waals surface area (Å²) in [4.78, 5) is 26.8. The highest BCUT2D eigenvalue weighted by atomic mass is 16.2. The number of carbonyl (C=O) groups is 1. The maximum Gasteiger partial charge on any atom is 0.222 e. The molecule has 130 valence electrons. The smallest absolute Gasteiger partial charge is 0.222 e. The van der Waals surface area contributed by atoms with E-state index in [1.807, 2.05) is 24.4 Å². The number of likely N-dealkylation sites (tertiary alicyclic amines) is 1. The molecule has 2 aromatic rings. The van der Waals surface area contributed by atoms with Crippen LogP contribution < -0.4 is 5.32 Å².